The number of nitrogens with zero attached hydrogens (tertiary/aromatic N) is 3. The first-order chi connectivity index (χ1) is 10.7. The number of carboxylic acids is 1. The molecule has 1 aliphatic carbocycles. The van der Waals surface area contributed by atoms with Gasteiger partial charge in [0.25, 0.3) is 0 Å². The zero-order valence-electron chi connectivity index (χ0n) is 12.6. The van der Waals surface area contributed by atoms with E-state index in [1.165, 1.54) is 49.6 Å². The molecule has 0 radical (unpaired) electrons. The average Bonchev–Trinajstić information content (AvgIpc) is 3.04. The van der Waals surface area contributed by atoms with Gasteiger partial charge in [0.1, 0.15) is 5.82 Å². The number of aromatic carboxylic acids is 1. The lowest BCUT2D eigenvalue weighted by atomic mass is 9.94. The van der Waals surface area contributed by atoms with Crippen LogP contribution in [-0.4, -0.2) is 62.6 Å². The molecule has 2 aliphatic rings. The quantitative estimate of drug-likeness (QED) is 0.858. The topological polar surface area (TPSA) is 78.3 Å². The van der Waals surface area contributed by atoms with Crippen LogP contribution in [0, 0.1) is 0 Å². The molecule has 2 N–H and O–H groups in total. The number of nitrogens with one attached hydrogen (secondary N) is 1. The maximum absolute atomic E-state index is 10.8. The van der Waals surface area contributed by atoms with Gasteiger partial charge < -0.3 is 10.4 Å². The Bertz CT molecular complexity index is 511. The highest BCUT2D eigenvalue weighted by Gasteiger charge is 2.39. The molecule has 0 aromatic carbocycles. The lowest BCUT2D eigenvalue weighted by molar-refractivity contribution is 0.0690. The van der Waals surface area contributed by atoms with Gasteiger partial charge in [-0.15, -0.1) is 0 Å². The van der Waals surface area contributed by atoms with Crippen molar-refractivity contribution < 1.29 is 9.90 Å². The van der Waals surface area contributed by atoms with Crippen molar-refractivity contribution in [3.63, 3.8) is 0 Å². The predicted molar refractivity (Wildman–Crippen MR) is 87.6 cm³/mol. The summed E-state index contributed by atoms with van der Waals surface area (Å²) in [6.07, 6.45) is 7.85. The van der Waals surface area contributed by atoms with E-state index in [-0.39, 0.29) is 11.2 Å². The Hall–Kier alpha value is -1.34. The molecular weight excluding hydrogens is 300 g/mol. The maximum Gasteiger partial charge on any atom is 0.356 e. The van der Waals surface area contributed by atoms with Crippen molar-refractivity contribution in [3.05, 3.63) is 18.1 Å². The van der Waals surface area contributed by atoms with Gasteiger partial charge in [0.2, 0.25) is 0 Å². The van der Waals surface area contributed by atoms with Gasteiger partial charge in [0.05, 0.1) is 12.4 Å². The summed E-state index contributed by atoms with van der Waals surface area (Å²) >= 11 is 2.03. The largest absolute Gasteiger partial charge is 0.476 e. The molecule has 0 unspecified atom stereocenters. The second-order valence-corrected chi connectivity index (χ2v) is 7.20. The van der Waals surface area contributed by atoms with E-state index in [1.54, 1.807) is 0 Å². The fourth-order valence-electron chi connectivity index (χ4n) is 3.46. The first-order valence-corrected chi connectivity index (χ1v) is 8.97. The smallest absolute Gasteiger partial charge is 0.356 e. The van der Waals surface area contributed by atoms with Crippen molar-refractivity contribution in [3.8, 4) is 0 Å². The Balaban J connectivity index is 1.65. The van der Waals surface area contributed by atoms with Crippen LogP contribution in [0.4, 0.5) is 5.82 Å². The molecule has 0 spiro atoms. The van der Waals surface area contributed by atoms with Gasteiger partial charge in [-0.05, 0) is 12.8 Å². The van der Waals surface area contributed by atoms with Gasteiger partial charge in [-0.1, -0.05) is 12.8 Å². The highest BCUT2D eigenvalue weighted by molar-refractivity contribution is 7.99. The number of rotatable bonds is 5. The molecule has 120 valence electrons. The Morgan fingerprint density at radius 3 is 2.59 bits per heavy atom. The van der Waals surface area contributed by atoms with E-state index in [2.05, 4.69) is 20.2 Å². The summed E-state index contributed by atoms with van der Waals surface area (Å²) in [6.45, 7) is 3.19. The van der Waals surface area contributed by atoms with Crippen LogP contribution in [0.1, 0.15) is 36.2 Å². The van der Waals surface area contributed by atoms with Gasteiger partial charge >= 0.3 is 5.97 Å². The van der Waals surface area contributed by atoms with Crippen molar-refractivity contribution in [1.82, 2.24) is 14.9 Å². The molecule has 1 saturated heterocycles. The summed E-state index contributed by atoms with van der Waals surface area (Å²) in [6, 6.07) is 0. The van der Waals surface area contributed by atoms with E-state index in [1.807, 2.05) is 11.8 Å². The van der Waals surface area contributed by atoms with E-state index >= 15 is 0 Å². The second kappa shape index (κ2) is 6.83. The number of hydrogen-bond acceptors (Lipinski definition) is 6. The third-order valence-corrected chi connectivity index (χ3v) is 5.63. The molecule has 1 aromatic heterocycles. The fraction of sp³-hybridized carbons (Fsp3) is 0.667. The number of thioether (sulfide) groups is 1. The molecule has 0 atom stereocenters. The standard InChI is InChI=1S/C15H22N4O2S/c20-14(21)12-9-17-13(10-16-12)18-11-15(3-1-2-4-15)19-5-7-22-8-6-19/h9-10H,1-8,11H2,(H,17,18)(H,20,21). The summed E-state index contributed by atoms with van der Waals surface area (Å²) in [5.41, 5.74) is 0.211. The molecule has 6 nitrogen and oxygen atoms in total. The van der Waals surface area contributed by atoms with Crippen molar-refractivity contribution in [1.29, 1.82) is 0 Å². The average molecular weight is 322 g/mol. The molecule has 3 rings (SSSR count). The second-order valence-electron chi connectivity index (χ2n) is 5.98. The van der Waals surface area contributed by atoms with Crippen LogP contribution in [0.25, 0.3) is 0 Å². The Morgan fingerprint density at radius 1 is 1.27 bits per heavy atom. The summed E-state index contributed by atoms with van der Waals surface area (Å²) in [5.74, 6) is 2.05. The monoisotopic (exact) mass is 322 g/mol. The van der Waals surface area contributed by atoms with Gasteiger partial charge in [-0.25, -0.2) is 14.8 Å². The number of hydrogen-bond donors (Lipinski definition) is 2. The summed E-state index contributed by atoms with van der Waals surface area (Å²) in [7, 11) is 0. The third kappa shape index (κ3) is 3.35. The van der Waals surface area contributed by atoms with E-state index < -0.39 is 5.97 Å². The van der Waals surface area contributed by atoms with E-state index in [9.17, 15) is 4.79 Å². The van der Waals surface area contributed by atoms with Crippen molar-refractivity contribution in [2.45, 2.75) is 31.2 Å². The first kappa shape index (κ1) is 15.6. The van der Waals surface area contributed by atoms with Gasteiger partial charge in [0.15, 0.2) is 5.69 Å². The number of carboxylic acid groups (broad SMARTS) is 1. The lowest BCUT2D eigenvalue weighted by Gasteiger charge is -2.43. The summed E-state index contributed by atoms with van der Waals surface area (Å²) in [4.78, 5) is 21.5. The molecule has 1 saturated carbocycles. The normalized spacial score (nSPS) is 21.6. The zero-order valence-corrected chi connectivity index (χ0v) is 13.4. The summed E-state index contributed by atoms with van der Waals surface area (Å²) in [5, 5.41) is 12.2. The number of carbonyl (C=O) groups is 1. The lowest BCUT2D eigenvalue weighted by Crippen LogP contribution is -2.54. The van der Waals surface area contributed by atoms with Crippen molar-refractivity contribution >= 4 is 23.5 Å². The SMILES string of the molecule is O=C(O)c1cnc(NCC2(N3CCSCC3)CCCC2)cn1. The van der Waals surface area contributed by atoms with Crippen LogP contribution < -0.4 is 5.32 Å². The molecule has 22 heavy (non-hydrogen) atoms. The summed E-state index contributed by atoms with van der Waals surface area (Å²) < 4.78 is 0. The third-order valence-electron chi connectivity index (χ3n) is 4.69. The molecule has 0 bridgehead atoms. The minimum atomic E-state index is -1.04. The molecule has 7 heteroatoms. The van der Waals surface area contributed by atoms with E-state index in [4.69, 9.17) is 5.11 Å². The maximum atomic E-state index is 10.8. The van der Waals surface area contributed by atoms with Crippen molar-refractivity contribution in [2.75, 3.05) is 36.5 Å². The fourth-order valence-corrected chi connectivity index (χ4v) is 4.36. The van der Waals surface area contributed by atoms with Gasteiger partial charge in [-0.3, -0.25) is 4.90 Å². The number of anilines is 1. The van der Waals surface area contributed by atoms with Gasteiger partial charge in [-0.2, -0.15) is 11.8 Å². The highest BCUT2D eigenvalue weighted by Crippen LogP contribution is 2.36. The number of aromatic nitrogens is 2. The zero-order chi connectivity index (χ0) is 15.4. The molecule has 0 amide bonds. The molecule has 2 fully saturated rings. The molecular formula is C15H22N4O2S. The molecule has 2 heterocycles. The van der Waals surface area contributed by atoms with Crippen LogP contribution in [-0.2, 0) is 0 Å². The van der Waals surface area contributed by atoms with E-state index in [0.717, 1.165) is 19.6 Å². The Labute approximate surface area is 134 Å². The first-order valence-electron chi connectivity index (χ1n) is 7.82. The van der Waals surface area contributed by atoms with Crippen LogP contribution in [0.2, 0.25) is 0 Å². The van der Waals surface area contributed by atoms with Crippen LogP contribution in [0.5, 0.6) is 0 Å². The van der Waals surface area contributed by atoms with Crippen LogP contribution in [0.3, 0.4) is 0 Å². The molecule has 1 aromatic rings. The minimum Gasteiger partial charge on any atom is -0.476 e. The van der Waals surface area contributed by atoms with Crippen LogP contribution >= 0.6 is 11.8 Å². The van der Waals surface area contributed by atoms with E-state index in [0.29, 0.717) is 5.82 Å². The van der Waals surface area contributed by atoms with Crippen LogP contribution in [0.15, 0.2) is 12.4 Å². The minimum absolute atomic E-state index is 0.0193. The highest BCUT2D eigenvalue weighted by atomic mass is 32.2. The Morgan fingerprint density at radius 2 is 2.00 bits per heavy atom. The van der Waals surface area contributed by atoms with Crippen molar-refractivity contribution in [2.24, 2.45) is 0 Å². The van der Waals surface area contributed by atoms with Gasteiger partial charge in [0, 0.05) is 36.7 Å². The Kier molecular flexibility index (Phi) is 4.83. The molecule has 1 aliphatic heterocycles. The predicted octanol–water partition coefficient (Wildman–Crippen LogP) is 1.95.